The van der Waals surface area contributed by atoms with Crippen molar-refractivity contribution in [2.75, 3.05) is 17.3 Å². The molecule has 0 fully saturated rings. The van der Waals surface area contributed by atoms with Gasteiger partial charge in [-0.05, 0) is 90.6 Å². The van der Waals surface area contributed by atoms with Crippen molar-refractivity contribution in [3.63, 3.8) is 0 Å². The summed E-state index contributed by atoms with van der Waals surface area (Å²) in [6, 6.07) is 24.9. The van der Waals surface area contributed by atoms with Gasteiger partial charge in [-0.3, -0.25) is 9.59 Å². The molecule has 1 heterocycles. The van der Waals surface area contributed by atoms with E-state index < -0.39 is 0 Å². The minimum atomic E-state index is -0.237. The summed E-state index contributed by atoms with van der Waals surface area (Å²) in [7, 11) is 2.07. The second-order valence-corrected chi connectivity index (χ2v) is 10.3. The van der Waals surface area contributed by atoms with Gasteiger partial charge >= 0.3 is 0 Å². The highest BCUT2D eigenvalue weighted by atomic mass is 35.5. The Morgan fingerprint density at radius 2 is 1.80 bits per heavy atom. The normalized spacial score (nSPS) is 12.8. The number of amides is 2. The fourth-order valence-electron chi connectivity index (χ4n) is 5.05. The van der Waals surface area contributed by atoms with E-state index in [9.17, 15) is 9.59 Å². The third kappa shape index (κ3) is 6.61. The standard InChI is InChI=1S/C34H32ClN3O3/c1-3-24-13-14-25-15-16-26(37-34(40)29-8-4-5-9-31(29)35)21-30(25)33(24)38(2)27-17-10-23(11-18-27)12-19-32(39)36-22-28-7-6-20-41-28/h4-12,15-21H,3,13-14,22H2,1-2H3,(H,36,39)(H,37,40)/b19-12+. The van der Waals surface area contributed by atoms with Gasteiger partial charge in [0, 0.05) is 35.8 Å². The SMILES string of the molecule is CCC1=C(N(C)c2ccc(/C=C/C(=O)NCc3ccco3)cc2)c2cc(NC(=O)c3ccccc3Cl)ccc2CC1. The summed E-state index contributed by atoms with van der Waals surface area (Å²) < 4.78 is 5.25. The number of benzene rings is 3. The lowest BCUT2D eigenvalue weighted by Crippen LogP contribution is -2.22. The quantitative estimate of drug-likeness (QED) is 0.204. The van der Waals surface area contributed by atoms with Crippen LogP contribution in [0.1, 0.15) is 52.6 Å². The molecule has 1 aliphatic rings. The molecule has 0 radical (unpaired) electrons. The third-order valence-electron chi connectivity index (χ3n) is 7.26. The molecule has 0 atom stereocenters. The summed E-state index contributed by atoms with van der Waals surface area (Å²) in [6.45, 7) is 2.53. The van der Waals surface area contributed by atoms with Gasteiger partial charge in [0.2, 0.25) is 5.91 Å². The number of fused-ring (bicyclic) bond motifs is 1. The van der Waals surface area contributed by atoms with Gasteiger partial charge in [-0.25, -0.2) is 0 Å². The van der Waals surface area contributed by atoms with Gasteiger partial charge < -0.3 is 20.0 Å². The fourth-order valence-corrected chi connectivity index (χ4v) is 5.27. The molecule has 0 spiro atoms. The topological polar surface area (TPSA) is 74.6 Å². The first-order valence-corrected chi connectivity index (χ1v) is 14.0. The molecule has 0 unspecified atom stereocenters. The molecule has 2 amide bonds. The summed E-state index contributed by atoms with van der Waals surface area (Å²) >= 11 is 6.25. The molecule has 1 aromatic heterocycles. The van der Waals surface area contributed by atoms with E-state index >= 15 is 0 Å². The molecule has 6 nitrogen and oxygen atoms in total. The Kier molecular flexibility index (Phi) is 8.70. The molecule has 1 aliphatic carbocycles. The molecule has 0 saturated heterocycles. The van der Waals surface area contributed by atoms with Crippen LogP contribution in [-0.4, -0.2) is 18.9 Å². The summed E-state index contributed by atoms with van der Waals surface area (Å²) in [4.78, 5) is 27.3. The predicted octanol–water partition coefficient (Wildman–Crippen LogP) is 7.72. The van der Waals surface area contributed by atoms with Crippen LogP contribution in [0.4, 0.5) is 11.4 Å². The molecule has 4 aromatic rings. The van der Waals surface area contributed by atoms with Crippen molar-refractivity contribution in [3.05, 3.63) is 130 Å². The maximum atomic E-state index is 12.9. The Labute approximate surface area is 245 Å². The molecule has 5 rings (SSSR count). The van der Waals surface area contributed by atoms with E-state index in [0.29, 0.717) is 22.9 Å². The number of hydrogen-bond acceptors (Lipinski definition) is 4. The average Bonchev–Trinajstić information content (AvgIpc) is 3.52. The van der Waals surface area contributed by atoms with Crippen LogP contribution in [0.15, 0.2) is 101 Å². The van der Waals surface area contributed by atoms with E-state index in [-0.39, 0.29) is 11.8 Å². The van der Waals surface area contributed by atoms with Crippen molar-refractivity contribution >= 4 is 46.6 Å². The van der Waals surface area contributed by atoms with E-state index in [1.54, 1.807) is 42.7 Å². The van der Waals surface area contributed by atoms with Crippen LogP contribution < -0.4 is 15.5 Å². The van der Waals surface area contributed by atoms with Gasteiger partial charge in [0.15, 0.2) is 0 Å². The molecular formula is C34H32ClN3O3. The van der Waals surface area contributed by atoms with Crippen LogP contribution in [0.2, 0.25) is 5.02 Å². The molecule has 0 bridgehead atoms. The van der Waals surface area contributed by atoms with Crippen molar-refractivity contribution in [2.24, 2.45) is 0 Å². The van der Waals surface area contributed by atoms with E-state index in [2.05, 4.69) is 53.8 Å². The zero-order valence-electron chi connectivity index (χ0n) is 23.1. The number of nitrogens with one attached hydrogen (secondary N) is 2. The highest BCUT2D eigenvalue weighted by molar-refractivity contribution is 6.34. The van der Waals surface area contributed by atoms with Gasteiger partial charge in [0.05, 0.1) is 23.4 Å². The lowest BCUT2D eigenvalue weighted by molar-refractivity contribution is -0.116. The number of aryl methyl sites for hydroxylation is 1. The number of rotatable bonds is 9. The fraction of sp³-hybridized carbons (Fsp3) is 0.176. The molecule has 3 aromatic carbocycles. The van der Waals surface area contributed by atoms with Gasteiger partial charge in [-0.2, -0.15) is 0 Å². The maximum Gasteiger partial charge on any atom is 0.257 e. The first kappa shape index (κ1) is 28.0. The Bertz CT molecular complexity index is 1600. The van der Waals surface area contributed by atoms with Crippen molar-refractivity contribution < 1.29 is 14.0 Å². The van der Waals surface area contributed by atoms with Crippen LogP contribution in [0.25, 0.3) is 11.8 Å². The largest absolute Gasteiger partial charge is 0.467 e. The predicted molar refractivity (Wildman–Crippen MR) is 166 cm³/mol. The molecule has 41 heavy (non-hydrogen) atoms. The Hall–Kier alpha value is -4.55. The Morgan fingerprint density at radius 1 is 1.00 bits per heavy atom. The number of allylic oxidation sites excluding steroid dienone is 1. The number of hydrogen-bond donors (Lipinski definition) is 2. The van der Waals surface area contributed by atoms with Crippen LogP contribution in [-0.2, 0) is 17.8 Å². The highest BCUT2D eigenvalue weighted by Gasteiger charge is 2.23. The number of nitrogens with zero attached hydrogens (tertiary/aromatic N) is 1. The third-order valence-corrected chi connectivity index (χ3v) is 7.59. The first-order chi connectivity index (χ1) is 19.9. The highest BCUT2D eigenvalue weighted by Crippen LogP contribution is 2.38. The monoisotopic (exact) mass is 565 g/mol. The van der Waals surface area contributed by atoms with Crippen LogP contribution in [0.5, 0.6) is 0 Å². The second kappa shape index (κ2) is 12.7. The zero-order valence-corrected chi connectivity index (χ0v) is 23.9. The second-order valence-electron chi connectivity index (χ2n) is 9.89. The van der Waals surface area contributed by atoms with Crippen LogP contribution in [0, 0.1) is 0 Å². The van der Waals surface area contributed by atoms with E-state index in [1.165, 1.54) is 17.2 Å². The average molecular weight is 566 g/mol. The number of halogens is 1. The van der Waals surface area contributed by atoms with Gasteiger partial charge in [0.25, 0.3) is 5.91 Å². The van der Waals surface area contributed by atoms with E-state index in [0.717, 1.165) is 47.5 Å². The molecule has 208 valence electrons. The zero-order chi connectivity index (χ0) is 28.8. The minimum Gasteiger partial charge on any atom is -0.467 e. The Morgan fingerprint density at radius 3 is 2.54 bits per heavy atom. The lowest BCUT2D eigenvalue weighted by atomic mass is 9.87. The van der Waals surface area contributed by atoms with Crippen molar-refractivity contribution in [1.82, 2.24) is 5.32 Å². The number of furan rings is 1. The summed E-state index contributed by atoms with van der Waals surface area (Å²) in [5.74, 6) is 0.287. The first-order valence-electron chi connectivity index (χ1n) is 13.7. The minimum absolute atomic E-state index is 0.184. The lowest BCUT2D eigenvalue weighted by Gasteiger charge is -2.31. The number of carbonyl (C=O) groups excluding carboxylic acids is 2. The van der Waals surface area contributed by atoms with E-state index in [1.807, 2.05) is 24.3 Å². The Balaban J connectivity index is 1.33. The van der Waals surface area contributed by atoms with E-state index in [4.69, 9.17) is 16.0 Å². The summed E-state index contributed by atoms with van der Waals surface area (Å²) in [6.07, 6.45) is 7.78. The van der Waals surface area contributed by atoms with Gasteiger partial charge in [0.1, 0.15) is 5.76 Å². The van der Waals surface area contributed by atoms with Crippen molar-refractivity contribution in [2.45, 2.75) is 32.7 Å². The van der Waals surface area contributed by atoms with Crippen LogP contribution >= 0.6 is 11.6 Å². The number of anilines is 2. The van der Waals surface area contributed by atoms with Gasteiger partial charge in [-0.1, -0.05) is 48.9 Å². The summed E-state index contributed by atoms with van der Waals surface area (Å²) in [5, 5.41) is 6.25. The molecule has 0 saturated carbocycles. The van der Waals surface area contributed by atoms with Crippen molar-refractivity contribution in [3.8, 4) is 0 Å². The maximum absolute atomic E-state index is 12.9. The van der Waals surface area contributed by atoms with Crippen molar-refractivity contribution in [1.29, 1.82) is 0 Å². The van der Waals surface area contributed by atoms with Crippen LogP contribution in [0.3, 0.4) is 0 Å². The number of carbonyl (C=O) groups is 2. The molecule has 2 N–H and O–H groups in total. The van der Waals surface area contributed by atoms with Gasteiger partial charge in [-0.15, -0.1) is 0 Å². The molecular weight excluding hydrogens is 534 g/mol. The molecule has 7 heteroatoms. The smallest absolute Gasteiger partial charge is 0.257 e. The summed E-state index contributed by atoms with van der Waals surface area (Å²) in [5.41, 5.74) is 8.01. The molecule has 0 aliphatic heterocycles.